The Hall–Kier alpha value is -1.66. The van der Waals surface area contributed by atoms with Crippen LogP contribution in [0.1, 0.15) is 0 Å². The number of ether oxygens (including phenoxy) is 1. The van der Waals surface area contributed by atoms with Gasteiger partial charge in [0.15, 0.2) is 0 Å². The lowest BCUT2D eigenvalue weighted by Crippen LogP contribution is -2.14. The number of carbonyl (C=O) groups excluding carboxylic acids is 1. The molecule has 0 spiro atoms. The van der Waals surface area contributed by atoms with Gasteiger partial charge in [-0.05, 0) is 42.5 Å². The second-order valence-electron chi connectivity index (χ2n) is 4.25. The number of halogens is 1. The molecule has 4 nitrogen and oxygen atoms in total. The van der Waals surface area contributed by atoms with Crippen LogP contribution in [0.4, 0.5) is 11.4 Å². The van der Waals surface area contributed by atoms with Gasteiger partial charge < -0.3 is 15.8 Å². The standard InChI is InChI=1S/C15H15BrN2O2S/c1-20-12-5-3-11(4-6-12)18-15(19)9-21-14-7-2-10(16)8-13(14)17/h2-8H,9,17H2,1H3,(H,18,19). The Labute approximate surface area is 136 Å². The van der Waals surface area contributed by atoms with Gasteiger partial charge in [-0.25, -0.2) is 0 Å². The van der Waals surface area contributed by atoms with Crippen LogP contribution < -0.4 is 15.8 Å². The monoisotopic (exact) mass is 366 g/mol. The fraction of sp³-hybridized carbons (Fsp3) is 0.133. The van der Waals surface area contributed by atoms with E-state index in [9.17, 15) is 4.79 Å². The van der Waals surface area contributed by atoms with Crippen molar-refractivity contribution in [2.75, 3.05) is 23.9 Å². The summed E-state index contributed by atoms with van der Waals surface area (Å²) in [7, 11) is 1.60. The Morgan fingerprint density at radius 2 is 2.00 bits per heavy atom. The van der Waals surface area contributed by atoms with Crippen LogP contribution in [0.25, 0.3) is 0 Å². The maximum absolute atomic E-state index is 11.9. The molecule has 110 valence electrons. The van der Waals surface area contributed by atoms with Crippen LogP contribution in [0, 0.1) is 0 Å². The lowest BCUT2D eigenvalue weighted by molar-refractivity contribution is -0.113. The summed E-state index contributed by atoms with van der Waals surface area (Å²) in [5.74, 6) is 0.982. The maximum atomic E-state index is 11.9. The first-order chi connectivity index (χ1) is 10.1. The van der Waals surface area contributed by atoms with Crippen LogP contribution in [0.15, 0.2) is 51.8 Å². The zero-order valence-electron chi connectivity index (χ0n) is 11.4. The number of nitrogens with one attached hydrogen (secondary N) is 1. The molecule has 0 atom stereocenters. The Balaban J connectivity index is 1.89. The first-order valence-corrected chi connectivity index (χ1v) is 7.98. The van der Waals surface area contributed by atoms with Crippen molar-refractivity contribution >= 4 is 45.0 Å². The van der Waals surface area contributed by atoms with Gasteiger partial charge in [0.25, 0.3) is 0 Å². The summed E-state index contributed by atoms with van der Waals surface area (Å²) >= 11 is 4.76. The molecule has 1 amide bonds. The summed E-state index contributed by atoms with van der Waals surface area (Å²) in [6, 6.07) is 12.8. The number of rotatable bonds is 5. The summed E-state index contributed by atoms with van der Waals surface area (Å²) in [5.41, 5.74) is 7.30. The van der Waals surface area contributed by atoms with Gasteiger partial charge in [-0.2, -0.15) is 0 Å². The summed E-state index contributed by atoms with van der Waals surface area (Å²) < 4.78 is 5.99. The molecule has 0 bridgehead atoms. The minimum absolute atomic E-state index is 0.0764. The van der Waals surface area contributed by atoms with E-state index in [1.165, 1.54) is 11.8 Å². The minimum Gasteiger partial charge on any atom is -0.497 e. The average Bonchev–Trinajstić information content (AvgIpc) is 2.47. The highest BCUT2D eigenvalue weighted by molar-refractivity contribution is 9.10. The van der Waals surface area contributed by atoms with Crippen molar-refractivity contribution in [1.29, 1.82) is 0 Å². The smallest absolute Gasteiger partial charge is 0.234 e. The number of methoxy groups -OCH3 is 1. The molecule has 0 radical (unpaired) electrons. The molecule has 2 aromatic rings. The Morgan fingerprint density at radius 3 is 2.62 bits per heavy atom. The fourth-order valence-corrected chi connectivity index (χ4v) is 2.79. The lowest BCUT2D eigenvalue weighted by atomic mass is 10.3. The number of carbonyl (C=O) groups is 1. The largest absolute Gasteiger partial charge is 0.497 e. The number of thioether (sulfide) groups is 1. The van der Waals surface area contributed by atoms with Crippen molar-refractivity contribution in [3.63, 3.8) is 0 Å². The van der Waals surface area contributed by atoms with Gasteiger partial charge in [0.05, 0.1) is 12.9 Å². The van der Waals surface area contributed by atoms with Gasteiger partial charge >= 0.3 is 0 Å². The van der Waals surface area contributed by atoms with E-state index >= 15 is 0 Å². The normalized spacial score (nSPS) is 10.2. The molecule has 3 N–H and O–H groups in total. The number of benzene rings is 2. The molecule has 0 aromatic heterocycles. The predicted molar refractivity (Wildman–Crippen MR) is 90.9 cm³/mol. The predicted octanol–water partition coefficient (Wildman–Crippen LogP) is 3.77. The summed E-state index contributed by atoms with van der Waals surface area (Å²) in [5, 5.41) is 2.83. The van der Waals surface area contributed by atoms with Gasteiger partial charge in [-0.1, -0.05) is 15.9 Å². The van der Waals surface area contributed by atoms with E-state index < -0.39 is 0 Å². The Morgan fingerprint density at radius 1 is 1.29 bits per heavy atom. The van der Waals surface area contributed by atoms with Crippen LogP contribution in [-0.2, 0) is 4.79 Å². The first-order valence-electron chi connectivity index (χ1n) is 6.20. The highest BCUT2D eigenvalue weighted by Crippen LogP contribution is 2.27. The van der Waals surface area contributed by atoms with Gasteiger partial charge in [0, 0.05) is 20.7 Å². The van der Waals surface area contributed by atoms with Gasteiger partial charge in [-0.3, -0.25) is 4.79 Å². The van der Waals surface area contributed by atoms with Crippen LogP contribution >= 0.6 is 27.7 Å². The summed E-state index contributed by atoms with van der Waals surface area (Å²) in [6.07, 6.45) is 0. The molecular weight excluding hydrogens is 352 g/mol. The molecule has 0 saturated heterocycles. The topological polar surface area (TPSA) is 64.3 Å². The molecule has 6 heteroatoms. The number of anilines is 2. The quantitative estimate of drug-likeness (QED) is 0.624. The fourth-order valence-electron chi connectivity index (χ4n) is 1.67. The van der Waals surface area contributed by atoms with E-state index in [4.69, 9.17) is 10.5 Å². The number of amides is 1. The number of nitrogen functional groups attached to an aromatic ring is 1. The van der Waals surface area contributed by atoms with Gasteiger partial charge in [0.1, 0.15) is 5.75 Å². The third-order valence-corrected chi connectivity index (χ3v) is 4.29. The molecule has 2 rings (SSSR count). The molecule has 21 heavy (non-hydrogen) atoms. The highest BCUT2D eigenvalue weighted by atomic mass is 79.9. The summed E-state index contributed by atoms with van der Waals surface area (Å²) in [4.78, 5) is 12.8. The molecule has 0 fully saturated rings. The van der Waals surface area contributed by atoms with Crippen molar-refractivity contribution in [2.24, 2.45) is 0 Å². The van der Waals surface area contributed by atoms with E-state index in [1.54, 1.807) is 31.4 Å². The van der Waals surface area contributed by atoms with E-state index in [0.717, 1.165) is 20.8 Å². The molecule has 0 aliphatic rings. The number of nitrogens with two attached hydrogens (primary N) is 1. The minimum atomic E-state index is -0.0764. The zero-order chi connectivity index (χ0) is 15.2. The molecule has 0 aliphatic carbocycles. The molecule has 0 unspecified atom stereocenters. The number of hydrogen-bond donors (Lipinski definition) is 2. The molecular formula is C15H15BrN2O2S. The van der Waals surface area contributed by atoms with Crippen molar-refractivity contribution in [3.8, 4) is 5.75 Å². The second-order valence-corrected chi connectivity index (χ2v) is 6.18. The second kappa shape index (κ2) is 7.38. The Bertz CT molecular complexity index is 632. The molecule has 0 saturated carbocycles. The van der Waals surface area contributed by atoms with E-state index in [-0.39, 0.29) is 5.91 Å². The third kappa shape index (κ3) is 4.68. The van der Waals surface area contributed by atoms with Crippen molar-refractivity contribution in [3.05, 3.63) is 46.9 Å². The first kappa shape index (κ1) is 15.7. The van der Waals surface area contributed by atoms with Crippen LogP contribution in [-0.4, -0.2) is 18.8 Å². The van der Waals surface area contributed by atoms with E-state index in [2.05, 4.69) is 21.2 Å². The van der Waals surface area contributed by atoms with E-state index in [1.807, 2.05) is 18.2 Å². The van der Waals surface area contributed by atoms with Gasteiger partial charge in [-0.15, -0.1) is 11.8 Å². The molecule has 2 aromatic carbocycles. The molecule has 0 heterocycles. The third-order valence-electron chi connectivity index (χ3n) is 2.70. The van der Waals surface area contributed by atoms with Crippen LogP contribution in [0.5, 0.6) is 5.75 Å². The van der Waals surface area contributed by atoms with Gasteiger partial charge in [0.2, 0.25) is 5.91 Å². The number of hydrogen-bond acceptors (Lipinski definition) is 4. The van der Waals surface area contributed by atoms with E-state index in [0.29, 0.717) is 11.4 Å². The Kier molecular flexibility index (Phi) is 5.52. The van der Waals surface area contributed by atoms with Crippen molar-refractivity contribution in [2.45, 2.75) is 4.90 Å². The van der Waals surface area contributed by atoms with Crippen LogP contribution in [0.2, 0.25) is 0 Å². The maximum Gasteiger partial charge on any atom is 0.234 e. The lowest BCUT2D eigenvalue weighted by Gasteiger charge is -2.08. The molecule has 0 aliphatic heterocycles. The SMILES string of the molecule is COc1ccc(NC(=O)CSc2ccc(Br)cc2N)cc1. The summed E-state index contributed by atoms with van der Waals surface area (Å²) in [6.45, 7) is 0. The average molecular weight is 367 g/mol. The van der Waals surface area contributed by atoms with Crippen molar-refractivity contribution < 1.29 is 9.53 Å². The zero-order valence-corrected chi connectivity index (χ0v) is 13.8. The highest BCUT2D eigenvalue weighted by Gasteiger charge is 2.06. The van der Waals surface area contributed by atoms with Crippen LogP contribution in [0.3, 0.4) is 0 Å². The van der Waals surface area contributed by atoms with Crippen molar-refractivity contribution in [1.82, 2.24) is 0 Å².